The van der Waals surface area contributed by atoms with Gasteiger partial charge in [-0.1, -0.05) is 13.8 Å². The van der Waals surface area contributed by atoms with E-state index in [0.29, 0.717) is 32.0 Å². The number of sulfonamides is 1. The molecule has 1 aliphatic heterocycles. The molecular formula is C22H28FN3O5S. The minimum absolute atomic E-state index is 0.0924. The number of nitrogens with zero attached hydrogens (tertiary/aromatic N) is 2. The van der Waals surface area contributed by atoms with E-state index in [1.165, 1.54) is 35.7 Å². The highest BCUT2D eigenvalue weighted by Crippen LogP contribution is 2.29. The fourth-order valence-corrected chi connectivity index (χ4v) is 5.21. The number of anilines is 2. The zero-order valence-corrected chi connectivity index (χ0v) is 19.2. The topological polar surface area (TPSA) is 88.2 Å². The second-order valence-electron chi connectivity index (χ2n) is 7.17. The van der Waals surface area contributed by atoms with Gasteiger partial charge in [0.15, 0.2) is 0 Å². The summed E-state index contributed by atoms with van der Waals surface area (Å²) in [7, 11) is -2.47. The first kappa shape index (κ1) is 24.0. The van der Waals surface area contributed by atoms with Crippen LogP contribution in [0.25, 0.3) is 0 Å². The second-order valence-corrected chi connectivity index (χ2v) is 9.08. The maximum absolute atomic E-state index is 14.6. The Balaban J connectivity index is 1.84. The summed E-state index contributed by atoms with van der Waals surface area (Å²) in [4.78, 5) is 14.6. The molecule has 0 radical (unpaired) electrons. The fourth-order valence-electron chi connectivity index (χ4n) is 3.57. The number of methoxy groups -OCH3 is 1. The smallest absolute Gasteiger partial charge is 0.255 e. The molecule has 1 saturated heterocycles. The van der Waals surface area contributed by atoms with E-state index in [-0.39, 0.29) is 35.0 Å². The van der Waals surface area contributed by atoms with Gasteiger partial charge in [0.1, 0.15) is 16.5 Å². The Labute approximate surface area is 188 Å². The summed E-state index contributed by atoms with van der Waals surface area (Å²) in [6, 6.07) is 8.66. The van der Waals surface area contributed by atoms with Crippen molar-refractivity contribution < 1.29 is 27.1 Å². The van der Waals surface area contributed by atoms with Gasteiger partial charge in [-0.15, -0.1) is 0 Å². The second kappa shape index (κ2) is 10.3. The Morgan fingerprint density at radius 3 is 2.44 bits per heavy atom. The number of amides is 1. The highest BCUT2D eigenvalue weighted by Gasteiger charge is 2.27. The number of carbonyl (C=O) groups excluding carboxylic acids is 1. The van der Waals surface area contributed by atoms with E-state index in [0.717, 1.165) is 0 Å². The quantitative estimate of drug-likeness (QED) is 0.645. The number of rotatable bonds is 8. The summed E-state index contributed by atoms with van der Waals surface area (Å²) in [5, 5.41) is 2.63. The molecule has 0 saturated carbocycles. The maximum atomic E-state index is 14.6. The Bertz CT molecular complexity index is 1070. The van der Waals surface area contributed by atoms with Crippen molar-refractivity contribution in [3.8, 4) is 5.75 Å². The molecule has 1 amide bonds. The molecule has 8 nitrogen and oxygen atoms in total. The van der Waals surface area contributed by atoms with Gasteiger partial charge >= 0.3 is 0 Å². The van der Waals surface area contributed by atoms with E-state index in [4.69, 9.17) is 9.47 Å². The van der Waals surface area contributed by atoms with Gasteiger partial charge in [0.2, 0.25) is 10.0 Å². The minimum Gasteiger partial charge on any atom is -0.495 e. The minimum atomic E-state index is -3.85. The summed E-state index contributed by atoms with van der Waals surface area (Å²) >= 11 is 0. The number of nitrogens with one attached hydrogen (secondary N) is 1. The van der Waals surface area contributed by atoms with Gasteiger partial charge in [-0.2, -0.15) is 4.31 Å². The summed E-state index contributed by atoms with van der Waals surface area (Å²) in [5.74, 6) is -0.860. The number of benzene rings is 2. The molecule has 10 heteroatoms. The van der Waals surface area contributed by atoms with Crippen molar-refractivity contribution in [2.75, 3.05) is 56.7 Å². The van der Waals surface area contributed by atoms with Crippen molar-refractivity contribution in [2.24, 2.45) is 0 Å². The average molecular weight is 466 g/mol. The van der Waals surface area contributed by atoms with Gasteiger partial charge in [-0.05, 0) is 36.4 Å². The molecule has 1 aliphatic rings. The van der Waals surface area contributed by atoms with Crippen molar-refractivity contribution >= 4 is 27.3 Å². The molecule has 0 aliphatic carbocycles. The number of morpholine rings is 1. The molecule has 1 fully saturated rings. The lowest BCUT2D eigenvalue weighted by atomic mass is 10.2. The molecule has 0 bridgehead atoms. The largest absolute Gasteiger partial charge is 0.495 e. The van der Waals surface area contributed by atoms with Crippen LogP contribution < -0.4 is 15.0 Å². The van der Waals surface area contributed by atoms with E-state index in [1.807, 2.05) is 4.90 Å². The number of hydrogen-bond acceptors (Lipinski definition) is 6. The summed E-state index contributed by atoms with van der Waals surface area (Å²) in [5.41, 5.74) is 0.839. The van der Waals surface area contributed by atoms with Gasteiger partial charge in [-0.25, -0.2) is 12.8 Å². The summed E-state index contributed by atoms with van der Waals surface area (Å²) in [6.45, 7) is 6.30. The fraction of sp³-hybridized carbons (Fsp3) is 0.409. The Morgan fingerprint density at radius 2 is 1.84 bits per heavy atom. The lowest BCUT2D eigenvalue weighted by Gasteiger charge is -2.29. The van der Waals surface area contributed by atoms with Crippen LogP contribution >= 0.6 is 0 Å². The van der Waals surface area contributed by atoms with E-state index in [1.54, 1.807) is 26.0 Å². The number of halogens is 1. The first-order valence-corrected chi connectivity index (χ1v) is 11.9. The van der Waals surface area contributed by atoms with Crippen LogP contribution in [0.2, 0.25) is 0 Å². The van der Waals surface area contributed by atoms with Crippen LogP contribution in [0.3, 0.4) is 0 Å². The van der Waals surface area contributed by atoms with Crippen LogP contribution in [-0.2, 0) is 14.8 Å². The summed E-state index contributed by atoms with van der Waals surface area (Å²) < 4.78 is 52.4. The SMILES string of the molecule is CCN(CC)S(=O)(=O)c1cc(C(=O)Nc2ccc(N3CCOCC3)c(F)c2)ccc1OC. The molecule has 174 valence electrons. The van der Waals surface area contributed by atoms with Gasteiger partial charge in [0.25, 0.3) is 5.91 Å². The van der Waals surface area contributed by atoms with Crippen LogP contribution in [0.4, 0.5) is 15.8 Å². The Morgan fingerprint density at radius 1 is 1.16 bits per heavy atom. The number of carbonyl (C=O) groups is 1. The highest BCUT2D eigenvalue weighted by atomic mass is 32.2. The van der Waals surface area contributed by atoms with E-state index in [9.17, 15) is 17.6 Å². The molecule has 2 aromatic carbocycles. The molecule has 0 aromatic heterocycles. The van der Waals surface area contributed by atoms with E-state index in [2.05, 4.69) is 5.32 Å². The molecule has 3 rings (SSSR count). The standard InChI is InChI=1S/C22H28FN3O5S/c1-4-26(5-2)32(28,29)21-14-16(6-9-20(21)30-3)22(27)24-17-7-8-19(18(23)15-17)25-10-12-31-13-11-25/h6-9,14-15H,4-5,10-13H2,1-3H3,(H,24,27). The normalized spacial score (nSPS) is 14.5. The molecule has 0 atom stereocenters. The van der Waals surface area contributed by atoms with Crippen molar-refractivity contribution in [1.82, 2.24) is 4.31 Å². The third kappa shape index (κ3) is 5.03. The van der Waals surface area contributed by atoms with E-state index >= 15 is 0 Å². The summed E-state index contributed by atoms with van der Waals surface area (Å²) in [6.07, 6.45) is 0. The van der Waals surface area contributed by atoms with Gasteiger partial charge in [0.05, 0.1) is 26.0 Å². The van der Waals surface area contributed by atoms with Crippen molar-refractivity contribution in [3.05, 3.63) is 47.8 Å². The Kier molecular flexibility index (Phi) is 7.70. The first-order chi connectivity index (χ1) is 15.3. The van der Waals surface area contributed by atoms with E-state index < -0.39 is 21.7 Å². The molecular weight excluding hydrogens is 437 g/mol. The lowest BCUT2D eigenvalue weighted by Crippen LogP contribution is -2.36. The van der Waals surface area contributed by atoms with Gasteiger partial charge in [0, 0.05) is 37.4 Å². The Hall–Kier alpha value is -2.69. The molecule has 1 N–H and O–H groups in total. The average Bonchev–Trinajstić information content (AvgIpc) is 2.80. The van der Waals surface area contributed by atoms with Crippen molar-refractivity contribution in [3.63, 3.8) is 0 Å². The lowest BCUT2D eigenvalue weighted by molar-refractivity contribution is 0.102. The molecule has 1 heterocycles. The number of ether oxygens (including phenoxy) is 2. The molecule has 0 unspecified atom stereocenters. The zero-order valence-electron chi connectivity index (χ0n) is 18.4. The third-order valence-electron chi connectivity index (χ3n) is 5.31. The predicted octanol–water partition coefficient (Wildman–Crippen LogP) is 2.95. The maximum Gasteiger partial charge on any atom is 0.255 e. The van der Waals surface area contributed by atoms with Crippen LogP contribution in [0.15, 0.2) is 41.3 Å². The van der Waals surface area contributed by atoms with Gasteiger partial charge in [-0.3, -0.25) is 4.79 Å². The number of hydrogen-bond donors (Lipinski definition) is 1. The molecule has 32 heavy (non-hydrogen) atoms. The van der Waals surface area contributed by atoms with Crippen LogP contribution in [0, 0.1) is 5.82 Å². The van der Waals surface area contributed by atoms with Crippen LogP contribution in [-0.4, -0.2) is 65.1 Å². The van der Waals surface area contributed by atoms with Gasteiger partial charge < -0.3 is 19.7 Å². The first-order valence-electron chi connectivity index (χ1n) is 10.4. The van der Waals surface area contributed by atoms with Crippen molar-refractivity contribution in [2.45, 2.75) is 18.7 Å². The molecule has 2 aromatic rings. The monoisotopic (exact) mass is 465 g/mol. The highest BCUT2D eigenvalue weighted by molar-refractivity contribution is 7.89. The van der Waals surface area contributed by atoms with Crippen molar-refractivity contribution in [1.29, 1.82) is 0 Å². The van der Waals surface area contributed by atoms with Crippen LogP contribution in [0.1, 0.15) is 24.2 Å². The zero-order chi connectivity index (χ0) is 23.3. The van der Waals surface area contributed by atoms with Crippen LogP contribution in [0.5, 0.6) is 5.75 Å². The third-order valence-corrected chi connectivity index (χ3v) is 7.38. The molecule has 0 spiro atoms. The predicted molar refractivity (Wildman–Crippen MR) is 120 cm³/mol.